The van der Waals surface area contributed by atoms with Crippen molar-refractivity contribution in [3.8, 4) is 11.5 Å². The van der Waals surface area contributed by atoms with E-state index in [0.717, 1.165) is 22.1 Å². The number of thiophene rings is 1. The highest BCUT2D eigenvalue weighted by atomic mass is 32.1. The molecule has 1 aliphatic rings. The maximum atomic E-state index is 13.1. The Hall–Kier alpha value is -2.77. The second kappa shape index (κ2) is 8.71. The van der Waals surface area contributed by atoms with E-state index in [1.165, 1.54) is 0 Å². The summed E-state index contributed by atoms with van der Waals surface area (Å²) >= 11 is 1.63. The Labute approximate surface area is 174 Å². The van der Waals surface area contributed by atoms with Gasteiger partial charge in [0.15, 0.2) is 11.5 Å². The minimum atomic E-state index is -0.0588. The molecule has 3 aromatic rings. The third-order valence-electron chi connectivity index (χ3n) is 4.78. The zero-order chi connectivity index (χ0) is 20.2. The third kappa shape index (κ3) is 4.63. The van der Waals surface area contributed by atoms with Crippen LogP contribution in [0.3, 0.4) is 0 Å². The van der Waals surface area contributed by atoms with Crippen molar-refractivity contribution in [3.63, 3.8) is 0 Å². The SMILES string of the molecule is Cc1ccc(C(C)NCC(=O)N(Cc2cccs2)c2ccc3c(c2)OCCO3)o1. The van der Waals surface area contributed by atoms with Crippen LogP contribution in [0.5, 0.6) is 11.5 Å². The zero-order valence-electron chi connectivity index (χ0n) is 16.5. The maximum absolute atomic E-state index is 13.1. The summed E-state index contributed by atoms with van der Waals surface area (Å²) in [6.07, 6.45) is 0. The highest BCUT2D eigenvalue weighted by molar-refractivity contribution is 7.09. The molecule has 0 fully saturated rings. The van der Waals surface area contributed by atoms with E-state index >= 15 is 0 Å². The molecule has 152 valence electrons. The summed E-state index contributed by atoms with van der Waals surface area (Å²) in [6, 6.07) is 13.5. The monoisotopic (exact) mass is 412 g/mol. The summed E-state index contributed by atoms with van der Waals surface area (Å²) in [5, 5.41) is 5.28. The standard InChI is InChI=1S/C22H24N2O4S/c1-15-5-7-19(28-15)16(2)23-13-22(25)24(14-18-4-3-11-29-18)17-6-8-20-21(12-17)27-10-9-26-20/h3-8,11-12,16,23H,9-10,13-14H2,1-2H3. The average Bonchev–Trinajstić information content (AvgIpc) is 3.41. The van der Waals surface area contributed by atoms with Crippen LogP contribution in [0, 0.1) is 6.92 Å². The van der Waals surface area contributed by atoms with Crippen LogP contribution in [0.25, 0.3) is 0 Å². The Morgan fingerprint density at radius 3 is 2.72 bits per heavy atom. The summed E-state index contributed by atoms with van der Waals surface area (Å²) in [6.45, 7) is 5.65. The van der Waals surface area contributed by atoms with E-state index in [-0.39, 0.29) is 18.5 Å². The number of rotatable bonds is 7. The number of benzene rings is 1. The van der Waals surface area contributed by atoms with Crippen LogP contribution in [0.2, 0.25) is 0 Å². The molecule has 1 unspecified atom stereocenters. The molecule has 1 aliphatic heterocycles. The summed E-state index contributed by atoms with van der Waals surface area (Å²) in [5.74, 6) is 3.04. The molecule has 29 heavy (non-hydrogen) atoms. The Kier molecular flexibility index (Phi) is 5.87. The molecule has 1 N–H and O–H groups in total. The minimum absolute atomic E-state index is 0.0230. The van der Waals surface area contributed by atoms with Gasteiger partial charge >= 0.3 is 0 Å². The van der Waals surface area contributed by atoms with Gasteiger partial charge in [-0.1, -0.05) is 6.07 Å². The fourth-order valence-electron chi connectivity index (χ4n) is 3.20. The number of nitrogens with zero attached hydrogens (tertiary/aromatic N) is 1. The first-order valence-electron chi connectivity index (χ1n) is 9.62. The van der Waals surface area contributed by atoms with Crippen LogP contribution in [-0.4, -0.2) is 25.7 Å². The van der Waals surface area contributed by atoms with Gasteiger partial charge in [0.05, 0.1) is 19.1 Å². The third-order valence-corrected chi connectivity index (χ3v) is 5.64. The number of anilines is 1. The second-order valence-corrected chi connectivity index (χ2v) is 7.97. The topological polar surface area (TPSA) is 63.9 Å². The van der Waals surface area contributed by atoms with Crippen molar-refractivity contribution in [3.05, 3.63) is 64.2 Å². The molecule has 0 saturated heterocycles. The normalized spacial score (nSPS) is 13.9. The van der Waals surface area contributed by atoms with Crippen molar-refractivity contribution in [2.24, 2.45) is 0 Å². The lowest BCUT2D eigenvalue weighted by Gasteiger charge is -2.26. The molecule has 1 amide bonds. The lowest BCUT2D eigenvalue weighted by molar-refractivity contribution is -0.118. The Bertz CT molecular complexity index is 967. The van der Waals surface area contributed by atoms with Gasteiger partial charge in [0.1, 0.15) is 24.7 Å². The number of ether oxygens (including phenoxy) is 2. The van der Waals surface area contributed by atoms with Gasteiger partial charge in [0.25, 0.3) is 0 Å². The highest BCUT2D eigenvalue weighted by Crippen LogP contribution is 2.34. The fourth-order valence-corrected chi connectivity index (χ4v) is 3.90. The minimum Gasteiger partial charge on any atom is -0.486 e. The van der Waals surface area contributed by atoms with Gasteiger partial charge in [0, 0.05) is 16.6 Å². The van der Waals surface area contributed by atoms with E-state index < -0.39 is 0 Å². The van der Waals surface area contributed by atoms with Crippen LogP contribution < -0.4 is 19.7 Å². The molecule has 0 spiro atoms. The average molecular weight is 413 g/mol. The van der Waals surface area contributed by atoms with Crippen molar-refractivity contribution in [2.45, 2.75) is 26.4 Å². The van der Waals surface area contributed by atoms with Crippen LogP contribution >= 0.6 is 11.3 Å². The number of carbonyl (C=O) groups excluding carboxylic acids is 1. The molecular formula is C22H24N2O4S. The quantitative estimate of drug-likeness (QED) is 0.627. The molecule has 1 atom stereocenters. The number of hydrogen-bond donors (Lipinski definition) is 1. The second-order valence-electron chi connectivity index (χ2n) is 6.94. The van der Waals surface area contributed by atoms with Crippen LogP contribution in [0.4, 0.5) is 5.69 Å². The van der Waals surface area contributed by atoms with E-state index in [1.807, 2.05) is 61.7 Å². The van der Waals surface area contributed by atoms with Crippen LogP contribution in [0.1, 0.15) is 29.4 Å². The first kappa shape index (κ1) is 19.5. The Morgan fingerprint density at radius 2 is 2.00 bits per heavy atom. The number of hydrogen-bond acceptors (Lipinski definition) is 6. The molecule has 2 aromatic heterocycles. The summed E-state index contributed by atoms with van der Waals surface area (Å²) in [7, 11) is 0. The van der Waals surface area contributed by atoms with Gasteiger partial charge < -0.3 is 18.8 Å². The van der Waals surface area contributed by atoms with E-state index in [2.05, 4.69) is 5.32 Å². The smallest absolute Gasteiger partial charge is 0.241 e. The molecule has 0 radical (unpaired) electrons. The zero-order valence-corrected chi connectivity index (χ0v) is 17.3. The van der Waals surface area contributed by atoms with Gasteiger partial charge in [-0.2, -0.15) is 0 Å². The van der Waals surface area contributed by atoms with Crippen molar-refractivity contribution in [1.29, 1.82) is 0 Å². The Balaban J connectivity index is 1.51. The molecule has 1 aromatic carbocycles. The maximum Gasteiger partial charge on any atom is 0.241 e. The van der Waals surface area contributed by atoms with E-state index in [0.29, 0.717) is 31.3 Å². The fraction of sp³-hybridized carbons (Fsp3) is 0.318. The predicted octanol–water partition coefficient (Wildman–Crippen LogP) is 4.30. The summed E-state index contributed by atoms with van der Waals surface area (Å²) in [4.78, 5) is 16.0. The van der Waals surface area contributed by atoms with E-state index in [4.69, 9.17) is 13.9 Å². The number of furan rings is 1. The van der Waals surface area contributed by atoms with Gasteiger partial charge in [-0.3, -0.25) is 10.1 Å². The van der Waals surface area contributed by atoms with Crippen molar-refractivity contribution in [1.82, 2.24) is 5.32 Å². The molecule has 0 saturated carbocycles. The summed E-state index contributed by atoms with van der Waals surface area (Å²) < 4.78 is 17.0. The van der Waals surface area contributed by atoms with Crippen molar-refractivity contribution >= 4 is 22.9 Å². The molecule has 0 aliphatic carbocycles. The first-order valence-corrected chi connectivity index (χ1v) is 10.5. The molecule has 0 bridgehead atoms. The van der Waals surface area contributed by atoms with Crippen LogP contribution in [0.15, 0.2) is 52.3 Å². The molecule has 6 nitrogen and oxygen atoms in total. The van der Waals surface area contributed by atoms with Crippen molar-refractivity contribution in [2.75, 3.05) is 24.7 Å². The molecule has 7 heteroatoms. The number of fused-ring (bicyclic) bond motifs is 1. The molecule has 3 heterocycles. The number of carbonyl (C=O) groups is 1. The van der Waals surface area contributed by atoms with Gasteiger partial charge in [-0.15, -0.1) is 11.3 Å². The number of nitrogens with one attached hydrogen (secondary N) is 1. The Morgan fingerprint density at radius 1 is 1.17 bits per heavy atom. The van der Waals surface area contributed by atoms with Gasteiger partial charge in [-0.05, 0) is 49.6 Å². The largest absolute Gasteiger partial charge is 0.486 e. The highest BCUT2D eigenvalue weighted by Gasteiger charge is 2.21. The van der Waals surface area contributed by atoms with E-state index in [1.54, 1.807) is 16.2 Å². The number of amides is 1. The van der Waals surface area contributed by atoms with E-state index in [9.17, 15) is 4.79 Å². The van der Waals surface area contributed by atoms with Gasteiger partial charge in [-0.25, -0.2) is 0 Å². The van der Waals surface area contributed by atoms with Crippen LogP contribution in [-0.2, 0) is 11.3 Å². The predicted molar refractivity (Wildman–Crippen MR) is 113 cm³/mol. The van der Waals surface area contributed by atoms with Crippen molar-refractivity contribution < 1.29 is 18.7 Å². The molecular weight excluding hydrogens is 388 g/mol. The van der Waals surface area contributed by atoms with Gasteiger partial charge in [0.2, 0.25) is 5.91 Å². The summed E-state index contributed by atoms with van der Waals surface area (Å²) in [5.41, 5.74) is 0.788. The lowest BCUT2D eigenvalue weighted by Crippen LogP contribution is -2.38. The lowest BCUT2D eigenvalue weighted by atomic mass is 10.2. The number of aryl methyl sites for hydroxylation is 1. The first-order chi connectivity index (χ1) is 14.1. The molecule has 4 rings (SSSR count).